The topological polar surface area (TPSA) is 58.6 Å². The summed E-state index contributed by atoms with van der Waals surface area (Å²) < 4.78 is 45.3. The van der Waals surface area contributed by atoms with E-state index in [0.29, 0.717) is 11.4 Å². The summed E-state index contributed by atoms with van der Waals surface area (Å²) in [6, 6.07) is 6.98. The van der Waals surface area contributed by atoms with Crippen molar-refractivity contribution in [1.82, 2.24) is 0 Å². The smallest absolute Gasteiger partial charge is 0.229 e. The highest BCUT2D eigenvalue weighted by atomic mass is 19.2. The summed E-state index contributed by atoms with van der Waals surface area (Å²) in [5.41, 5.74) is 0.977. The van der Waals surface area contributed by atoms with E-state index in [2.05, 4.69) is 5.32 Å². The van der Waals surface area contributed by atoms with Crippen LogP contribution in [0.5, 0.6) is 5.75 Å². The van der Waals surface area contributed by atoms with E-state index in [4.69, 9.17) is 4.74 Å². The molecule has 27 heavy (non-hydrogen) atoms. The van der Waals surface area contributed by atoms with E-state index >= 15 is 0 Å². The highest BCUT2D eigenvalue weighted by molar-refractivity contribution is 6.04. The van der Waals surface area contributed by atoms with E-state index in [1.54, 1.807) is 12.1 Å². The van der Waals surface area contributed by atoms with Crippen molar-refractivity contribution in [1.29, 1.82) is 0 Å². The van der Waals surface area contributed by atoms with E-state index in [1.807, 2.05) is 13.0 Å². The molecule has 2 aromatic rings. The molecule has 2 aromatic carbocycles. The third-order valence-corrected chi connectivity index (χ3v) is 4.41. The van der Waals surface area contributed by atoms with Crippen molar-refractivity contribution in [2.45, 2.75) is 13.3 Å². The van der Waals surface area contributed by atoms with E-state index < -0.39 is 35.0 Å². The number of hydrogen-bond acceptors (Lipinski definition) is 3. The molecular weight excluding hydrogens is 361 g/mol. The summed E-state index contributed by atoms with van der Waals surface area (Å²) >= 11 is 0. The average Bonchev–Trinajstić information content (AvgIpc) is 3.04. The second-order valence-electron chi connectivity index (χ2n) is 6.29. The standard InChI is InChI=1S/C19H17F3N2O3/c1-10-3-6-15(27-2)14(7-10)24-9-11(8-16(24)25)19(26)23-13-5-4-12(20)17(21)18(13)22/h3-7,11H,8-9H2,1-2H3,(H,23,26). The molecule has 2 amide bonds. The van der Waals surface area contributed by atoms with Crippen LogP contribution in [0.2, 0.25) is 0 Å². The Kier molecular flexibility index (Phi) is 5.07. The molecule has 1 aliphatic heterocycles. The Balaban J connectivity index is 1.79. The molecule has 0 aliphatic carbocycles. The lowest BCUT2D eigenvalue weighted by molar-refractivity contribution is -0.122. The Morgan fingerprint density at radius 1 is 1.19 bits per heavy atom. The van der Waals surface area contributed by atoms with Crippen molar-refractivity contribution in [2.75, 3.05) is 23.9 Å². The second-order valence-corrected chi connectivity index (χ2v) is 6.29. The summed E-state index contributed by atoms with van der Waals surface area (Å²) in [6.45, 7) is 1.93. The van der Waals surface area contributed by atoms with Crippen LogP contribution in [0.4, 0.5) is 24.5 Å². The number of benzene rings is 2. The van der Waals surface area contributed by atoms with Crippen molar-refractivity contribution in [2.24, 2.45) is 5.92 Å². The highest BCUT2D eigenvalue weighted by Crippen LogP contribution is 2.34. The van der Waals surface area contributed by atoms with Gasteiger partial charge >= 0.3 is 0 Å². The second kappa shape index (κ2) is 7.30. The van der Waals surface area contributed by atoms with Crippen LogP contribution in [0.15, 0.2) is 30.3 Å². The summed E-state index contributed by atoms with van der Waals surface area (Å²) in [5.74, 6) is -5.71. The fourth-order valence-corrected chi connectivity index (χ4v) is 2.98. The Bertz CT molecular complexity index is 917. The van der Waals surface area contributed by atoms with Gasteiger partial charge in [0.15, 0.2) is 17.5 Å². The van der Waals surface area contributed by atoms with Gasteiger partial charge in [-0.05, 0) is 36.8 Å². The predicted molar refractivity (Wildman–Crippen MR) is 93.1 cm³/mol. The van der Waals surface area contributed by atoms with Gasteiger partial charge in [0, 0.05) is 13.0 Å². The molecule has 1 N–H and O–H groups in total. The van der Waals surface area contributed by atoms with Gasteiger partial charge in [0.2, 0.25) is 11.8 Å². The SMILES string of the molecule is COc1ccc(C)cc1N1CC(C(=O)Nc2ccc(F)c(F)c2F)CC1=O. The maximum absolute atomic E-state index is 13.7. The Hall–Kier alpha value is -3.03. The first-order valence-corrected chi connectivity index (χ1v) is 8.21. The fraction of sp³-hybridized carbons (Fsp3) is 0.263. The molecule has 0 spiro atoms. The number of hydrogen-bond donors (Lipinski definition) is 1. The molecule has 1 fully saturated rings. The van der Waals surface area contributed by atoms with Gasteiger partial charge in [0.05, 0.1) is 24.4 Å². The molecule has 1 atom stereocenters. The van der Waals surface area contributed by atoms with Gasteiger partial charge in [-0.15, -0.1) is 0 Å². The van der Waals surface area contributed by atoms with Crippen LogP contribution in [0.3, 0.4) is 0 Å². The largest absolute Gasteiger partial charge is 0.495 e. The lowest BCUT2D eigenvalue weighted by Crippen LogP contribution is -2.28. The van der Waals surface area contributed by atoms with Crippen LogP contribution in [-0.4, -0.2) is 25.5 Å². The zero-order chi connectivity index (χ0) is 19.7. The van der Waals surface area contributed by atoms with Gasteiger partial charge in [0.25, 0.3) is 0 Å². The van der Waals surface area contributed by atoms with Crippen molar-refractivity contribution >= 4 is 23.2 Å². The summed E-state index contributed by atoms with van der Waals surface area (Å²) in [6.07, 6.45) is -0.0891. The van der Waals surface area contributed by atoms with Crippen LogP contribution in [-0.2, 0) is 9.59 Å². The Morgan fingerprint density at radius 3 is 2.63 bits per heavy atom. The zero-order valence-corrected chi connectivity index (χ0v) is 14.7. The molecule has 0 aromatic heterocycles. The van der Waals surface area contributed by atoms with Gasteiger partial charge < -0.3 is 15.0 Å². The molecule has 1 aliphatic rings. The van der Waals surface area contributed by atoms with Crippen LogP contribution >= 0.6 is 0 Å². The average molecular weight is 378 g/mol. The molecule has 1 saturated heterocycles. The van der Waals surface area contributed by atoms with Crippen LogP contribution < -0.4 is 15.0 Å². The normalized spacial score (nSPS) is 16.6. The van der Waals surface area contributed by atoms with Gasteiger partial charge in [0.1, 0.15) is 5.75 Å². The number of nitrogens with one attached hydrogen (secondary N) is 1. The number of rotatable bonds is 4. The summed E-state index contributed by atoms with van der Waals surface area (Å²) in [7, 11) is 1.48. The van der Waals surface area contributed by atoms with Gasteiger partial charge in [-0.1, -0.05) is 6.07 Å². The van der Waals surface area contributed by atoms with Gasteiger partial charge in [-0.25, -0.2) is 13.2 Å². The van der Waals surface area contributed by atoms with E-state index in [9.17, 15) is 22.8 Å². The van der Waals surface area contributed by atoms with Crippen LogP contribution in [0.1, 0.15) is 12.0 Å². The molecule has 0 radical (unpaired) electrons. The van der Waals surface area contributed by atoms with Crippen molar-refractivity contribution in [3.05, 3.63) is 53.3 Å². The Labute approximate surface area is 153 Å². The molecule has 1 heterocycles. The lowest BCUT2D eigenvalue weighted by atomic mass is 10.1. The summed E-state index contributed by atoms with van der Waals surface area (Å²) in [5, 5.41) is 2.22. The number of halogens is 3. The quantitative estimate of drug-likeness (QED) is 0.830. The number of ether oxygens (including phenoxy) is 1. The number of amides is 2. The van der Waals surface area contributed by atoms with E-state index in [0.717, 1.165) is 17.7 Å². The summed E-state index contributed by atoms with van der Waals surface area (Å²) in [4.78, 5) is 26.2. The molecular formula is C19H17F3N2O3. The first-order valence-electron chi connectivity index (χ1n) is 8.21. The predicted octanol–water partition coefficient (Wildman–Crippen LogP) is 3.41. The molecule has 8 heteroatoms. The lowest BCUT2D eigenvalue weighted by Gasteiger charge is -2.20. The number of nitrogens with zero attached hydrogens (tertiary/aromatic N) is 1. The zero-order valence-electron chi connectivity index (χ0n) is 14.7. The molecule has 0 saturated carbocycles. The molecule has 5 nitrogen and oxygen atoms in total. The van der Waals surface area contributed by atoms with Crippen LogP contribution in [0, 0.1) is 30.3 Å². The Morgan fingerprint density at radius 2 is 1.93 bits per heavy atom. The van der Waals surface area contributed by atoms with E-state index in [1.165, 1.54) is 12.0 Å². The van der Waals surface area contributed by atoms with Crippen molar-refractivity contribution in [3.8, 4) is 5.75 Å². The van der Waals surface area contributed by atoms with Crippen molar-refractivity contribution in [3.63, 3.8) is 0 Å². The first-order chi connectivity index (χ1) is 12.8. The molecule has 1 unspecified atom stereocenters. The van der Waals surface area contributed by atoms with Crippen molar-refractivity contribution < 1.29 is 27.5 Å². The molecule has 0 bridgehead atoms. The fourth-order valence-electron chi connectivity index (χ4n) is 2.98. The maximum atomic E-state index is 13.7. The minimum absolute atomic E-state index is 0.0653. The number of aryl methyl sites for hydroxylation is 1. The third kappa shape index (κ3) is 3.60. The minimum Gasteiger partial charge on any atom is -0.495 e. The van der Waals surface area contributed by atoms with E-state index in [-0.39, 0.29) is 18.9 Å². The highest BCUT2D eigenvalue weighted by Gasteiger charge is 2.36. The molecule has 142 valence electrons. The van der Waals surface area contributed by atoms with Gasteiger partial charge in [-0.3, -0.25) is 9.59 Å². The number of methoxy groups -OCH3 is 1. The first kappa shape index (κ1) is 18.8. The number of anilines is 2. The maximum Gasteiger partial charge on any atom is 0.229 e. The monoisotopic (exact) mass is 378 g/mol. The minimum atomic E-state index is -1.67. The molecule has 3 rings (SSSR count). The van der Waals surface area contributed by atoms with Gasteiger partial charge in [-0.2, -0.15) is 0 Å². The third-order valence-electron chi connectivity index (χ3n) is 4.41. The van der Waals surface area contributed by atoms with Crippen LogP contribution in [0.25, 0.3) is 0 Å². The number of carbonyl (C=O) groups excluding carboxylic acids is 2. The number of carbonyl (C=O) groups is 2.